The number of nitrogens with zero attached hydrogens (tertiary/aromatic N) is 6. The van der Waals surface area contributed by atoms with Crippen molar-refractivity contribution in [3.63, 3.8) is 0 Å². The molecular weight excluding hydrogens is 454 g/mol. The van der Waals surface area contributed by atoms with Crippen molar-refractivity contribution in [3.8, 4) is 17.3 Å². The number of nitrogens with one attached hydrogen (secondary N) is 1. The maximum absolute atomic E-state index is 5.47. The molecule has 3 heterocycles. The summed E-state index contributed by atoms with van der Waals surface area (Å²) in [6.45, 7) is 3.81. The fourth-order valence-electron chi connectivity index (χ4n) is 4.78. The van der Waals surface area contributed by atoms with Gasteiger partial charge in [0, 0.05) is 24.3 Å². The van der Waals surface area contributed by atoms with Gasteiger partial charge in [-0.2, -0.15) is 4.68 Å². The van der Waals surface area contributed by atoms with Crippen molar-refractivity contribution >= 4 is 11.0 Å². The van der Waals surface area contributed by atoms with Gasteiger partial charge in [-0.15, -0.1) is 5.10 Å². The molecule has 2 unspecified atom stereocenters. The molecule has 9 heteroatoms. The predicted molar refractivity (Wildman–Crippen MR) is 135 cm³/mol. The number of aromatic amines is 1. The number of methoxy groups -OCH3 is 2. The van der Waals surface area contributed by atoms with Gasteiger partial charge in [-0.25, -0.2) is 19.9 Å². The van der Waals surface area contributed by atoms with Crippen LogP contribution in [-0.2, 0) is 6.42 Å². The molecule has 1 saturated carbocycles. The predicted octanol–water partition coefficient (Wildman–Crippen LogP) is 4.43. The second-order valence-electron chi connectivity index (χ2n) is 9.14. The topological polar surface area (TPSA) is 104 Å². The van der Waals surface area contributed by atoms with Crippen LogP contribution in [0.15, 0.2) is 48.5 Å². The molecule has 1 aliphatic carbocycles. The zero-order chi connectivity index (χ0) is 24.8. The van der Waals surface area contributed by atoms with E-state index >= 15 is 0 Å². The SMILES string of the molecule is COc1ccc(Cc2nc(C)nn2-c2cc(C3CC3c3nc4ccccc4[nH]3)nc(C)n2)cc1OC. The molecule has 1 fully saturated rings. The van der Waals surface area contributed by atoms with Crippen LogP contribution < -0.4 is 9.47 Å². The van der Waals surface area contributed by atoms with E-state index in [1.807, 2.05) is 61.0 Å². The molecule has 0 aliphatic heterocycles. The number of para-hydroxylation sites is 2. The van der Waals surface area contributed by atoms with Gasteiger partial charge >= 0.3 is 0 Å². The van der Waals surface area contributed by atoms with Crippen molar-refractivity contribution in [2.75, 3.05) is 14.2 Å². The summed E-state index contributed by atoms with van der Waals surface area (Å²) in [4.78, 5) is 22.4. The van der Waals surface area contributed by atoms with Crippen LogP contribution in [0.4, 0.5) is 0 Å². The van der Waals surface area contributed by atoms with Crippen LogP contribution in [0.1, 0.15) is 52.8 Å². The average Bonchev–Trinajstić information content (AvgIpc) is 3.43. The molecule has 0 amide bonds. The number of rotatable bonds is 7. The zero-order valence-electron chi connectivity index (χ0n) is 20.7. The van der Waals surface area contributed by atoms with Crippen LogP contribution in [-0.4, -0.2) is 48.9 Å². The molecule has 36 heavy (non-hydrogen) atoms. The molecular formula is C27H27N7O2. The summed E-state index contributed by atoms with van der Waals surface area (Å²) >= 11 is 0. The van der Waals surface area contributed by atoms with E-state index in [2.05, 4.69) is 16.1 Å². The summed E-state index contributed by atoms with van der Waals surface area (Å²) < 4.78 is 12.7. The highest BCUT2D eigenvalue weighted by atomic mass is 16.5. The average molecular weight is 482 g/mol. The third-order valence-corrected chi connectivity index (χ3v) is 6.58. The number of imidazole rings is 1. The Labute approximate surface area is 208 Å². The second-order valence-corrected chi connectivity index (χ2v) is 9.14. The second kappa shape index (κ2) is 8.75. The first-order chi connectivity index (χ1) is 17.5. The summed E-state index contributed by atoms with van der Waals surface area (Å²) in [6.07, 6.45) is 1.58. The molecule has 1 aliphatic rings. The molecule has 0 radical (unpaired) electrons. The van der Waals surface area contributed by atoms with Crippen molar-refractivity contribution in [1.82, 2.24) is 34.7 Å². The fourth-order valence-corrected chi connectivity index (χ4v) is 4.78. The van der Waals surface area contributed by atoms with Crippen molar-refractivity contribution < 1.29 is 9.47 Å². The smallest absolute Gasteiger partial charge is 0.161 e. The summed E-state index contributed by atoms with van der Waals surface area (Å²) in [7, 11) is 3.27. The fraction of sp³-hybridized carbons (Fsp3) is 0.296. The van der Waals surface area contributed by atoms with Crippen molar-refractivity contribution in [3.05, 3.63) is 83.1 Å². The largest absolute Gasteiger partial charge is 0.493 e. The number of ether oxygens (including phenoxy) is 2. The van der Waals surface area contributed by atoms with Crippen LogP contribution in [0.3, 0.4) is 0 Å². The first-order valence-corrected chi connectivity index (χ1v) is 12.0. The van der Waals surface area contributed by atoms with E-state index in [1.54, 1.807) is 14.2 Å². The minimum atomic E-state index is 0.296. The lowest BCUT2D eigenvalue weighted by Gasteiger charge is -2.11. The number of aryl methyl sites for hydroxylation is 2. The van der Waals surface area contributed by atoms with E-state index in [9.17, 15) is 0 Å². The first kappa shape index (κ1) is 22.2. The van der Waals surface area contributed by atoms with E-state index < -0.39 is 0 Å². The number of aromatic nitrogens is 7. The molecule has 182 valence electrons. The van der Waals surface area contributed by atoms with Crippen molar-refractivity contribution in [2.24, 2.45) is 0 Å². The highest BCUT2D eigenvalue weighted by molar-refractivity contribution is 5.75. The summed E-state index contributed by atoms with van der Waals surface area (Å²) in [5.74, 6) is 5.94. The van der Waals surface area contributed by atoms with E-state index in [0.717, 1.165) is 46.2 Å². The van der Waals surface area contributed by atoms with Crippen molar-refractivity contribution in [2.45, 2.75) is 38.5 Å². The summed E-state index contributed by atoms with van der Waals surface area (Å²) in [5, 5.41) is 4.66. The quantitative estimate of drug-likeness (QED) is 0.367. The lowest BCUT2D eigenvalue weighted by atomic mass is 10.1. The number of fused-ring (bicyclic) bond motifs is 1. The molecule has 3 aromatic heterocycles. The minimum absolute atomic E-state index is 0.296. The van der Waals surface area contributed by atoms with Gasteiger partial charge in [0.05, 0.1) is 30.9 Å². The molecule has 5 aromatic rings. The van der Waals surface area contributed by atoms with Gasteiger partial charge in [0.25, 0.3) is 0 Å². The molecule has 0 bridgehead atoms. The van der Waals surface area contributed by atoms with Gasteiger partial charge < -0.3 is 14.5 Å². The van der Waals surface area contributed by atoms with E-state index in [0.29, 0.717) is 41.4 Å². The number of hydrogen-bond acceptors (Lipinski definition) is 7. The van der Waals surface area contributed by atoms with Gasteiger partial charge in [0.1, 0.15) is 23.3 Å². The number of benzene rings is 2. The highest BCUT2D eigenvalue weighted by Crippen LogP contribution is 2.53. The molecule has 0 saturated heterocycles. The number of hydrogen-bond donors (Lipinski definition) is 1. The number of H-pyrrole nitrogens is 1. The van der Waals surface area contributed by atoms with Gasteiger partial charge in [-0.05, 0) is 50.1 Å². The molecule has 9 nitrogen and oxygen atoms in total. The molecule has 0 spiro atoms. The van der Waals surface area contributed by atoms with Gasteiger partial charge in [0.15, 0.2) is 17.3 Å². The maximum Gasteiger partial charge on any atom is 0.161 e. The van der Waals surface area contributed by atoms with Crippen LogP contribution in [0.25, 0.3) is 16.9 Å². The Kier molecular flexibility index (Phi) is 5.40. The molecule has 2 aromatic carbocycles. The summed E-state index contributed by atoms with van der Waals surface area (Å²) in [5.41, 5.74) is 4.11. The Morgan fingerprint density at radius 2 is 1.72 bits per heavy atom. The van der Waals surface area contributed by atoms with Crippen LogP contribution in [0, 0.1) is 13.8 Å². The Morgan fingerprint density at radius 3 is 2.53 bits per heavy atom. The van der Waals surface area contributed by atoms with Gasteiger partial charge in [-0.3, -0.25) is 0 Å². The molecule has 2 atom stereocenters. The lowest BCUT2D eigenvalue weighted by Crippen LogP contribution is -2.09. The molecule has 1 N–H and O–H groups in total. The van der Waals surface area contributed by atoms with Gasteiger partial charge in [-0.1, -0.05) is 18.2 Å². The third-order valence-electron chi connectivity index (χ3n) is 6.58. The Morgan fingerprint density at radius 1 is 0.889 bits per heavy atom. The Hall–Kier alpha value is -4.27. The van der Waals surface area contributed by atoms with Crippen molar-refractivity contribution in [1.29, 1.82) is 0 Å². The third kappa shape index (κ3) is 4.06. The van der Waals surface area contributed by atoms with E-state index in [-0.39, 0.29) is 0 Å². The standard InChI is InChI=1S/C27H27N7O2/c1-15-28-22(18-13-19(18)27-31-20-7-5-6-8-21(20)32-27)14-26(29-15)34-25(30-16(2)33-34)12-17-9-10-23(35-3)24(11-17)36-4/h5-11,14,18-19H,12-13H2,1-4H3,(H,31,32). The maximum atomic E-state index is 5.47. The van der Waals surface area contributed by atoms with Crippen LogP contribution in [0.5, 0.6) is 11.5 Å². The Bertz CT molecular complexity index is 1540. The summed E-state index contributed by atoms with van der Waals surface area (Å²) in [6, 6.07) is 16.0. The van der Waals surface area contributed by atoms with Gasteiger partial charge in [0.2, 0.25) is 0 Å². The first-order valence-electron chi connectivity index (χ1n) is 12.0. The van der Waals surface area contributed by atoms with Crippen LogP contribution in [0.2, 0.25) is 0 Å². The lowest BCUT2D eigenvalue weighted by molar-refractivity contribution is 0.354. The normalized spacial score (nSPS) is 16.9. The van der Waals surface area contributed by atoms with Crippen LogP contribution >= 0.6 is 0 Å². The Balaban J connectivity index is 1.30. The molecule has 6 rings (SSSR count). The minimum Gasteiger partial charge on any atom is -0.493 e. The zero-order valence-corrected chi connectivity index (χ0v) is 20.7. The van der Waals surface area contributed by atoms with E-state index in [4.69, 9.17) is 29.4 Å². The van der Waals surface area contributed by atoms with E-state index in [1.165, 1.54) is 0 Å². The highest BCUT2D eigenvalue weighted by Gasteiger charge is 2.43. The monoisotopic (exact) mass is 481 g/mol.